The Balaban J connectivity index is 1.56. The van der Waals surface area contributed by atoms with Gasteiger partial charge in [-0.15, -0.1) is 0 Å². The maximum Gasteiger partial charge on any atom is 0.240 e. The van der Waals surface area contributed by atoms with Gasteiger partial charge < -0.3 is 9.88 Å². The molecule has 0 fully saturated rings. The van der Waals surface area contributed by atoms with Gasteiger partial charge in [0.15, 0.2) is 0 Å². The lowest BCUT2D eigenvalue weighted by atomic mass is 10.1. The van der Waals surface area contributed by atoms with E-state index in [9.17, 15) is 4.79 Å². The minimum Gasteiger partial charge on any atom is -0.350 e. The van der Waals surface area contributed by atoms with Crippen molar-refractivity contribution in [2.45, 2.75) is 19.5 Å². The number of imidazole rings is 1. The lowest BCUT2D eigenvalue weighted by Gasteiger charge is -2.10. The van der Waals surface area contributed by atoms with Crippen LogP contribution < -0.4 is 5.32 Å². The molecule has 5 nitrogen and oxygen atoms in total. The van der Waals surface area contributed by atoms with Gasteiger partial charge in [0, 0.05) is 25.4 Å². The first kappa shape index (κ1) is 17.0. The smallest absolute Gasteiger partial charge is 0.240 e. The molecular formula is C22H20N4O. The number of para-hydroxylation sites is 2. The second-order valence-electron chi connectivity index (χ2n) is 6.40. The van der Waals surface area contributed by atoms with Gasteiger partial charge in [0.1, 0.15) is 12.4 Å². The Hall–Kier alpha value is -3.47. The number of nitrogens with one attached hydrogen (secondary N) is 1. The summed E-state index contributed by atoms with van der Waals surface area (Å²) < 4.78 is 2.00. The van der Waals surface area contributed by atoms with E-state index in [4.69, 9.17) is 4.98 Å². The topological polar surface area (TPSA) is 59.8 Å². The summed E-state index contributed by atoms with van der Waals surface area (Å²) in [5, 5.41) is 2.97. The molecule has 2 aromatic carbocycles. The third kappa shape index (κ3) is 4.03. The summed E-state index contributed by atoms with van der Waals surface area (Å²) in [6.45, 7) is 0.705. The number of pyridine rings is 1. The fraction of sp³-hybridized carbons (Fsp3) is 0.136. The van der Waals surface area contributed by atoms with Gasteiger partial charge in [0.05, 0.1) is 11.0 Å². The third-order valence-corrected chi connectivity index (χ3v) is 4.45. The summed E-state index contributed by atoms with van der Waals surface area (Å²) in [6.07, 6.45) is 4.16. The Morgan fingerprint density at radius 1 is 0.926 bits per heavy atom. The second-order valence-corrected chi connectivity index (χ2v) is 6.40. The Morgan fingerprint density at radius 2 is 1.70 bits per heavy atom. The lowest BCUT2D eigenvalue weighted by molar-refractivity contribution is -0.121. The number of aromatic nitrogens is 3. The van der Waals surface area contributed by atoms with E-state index in [1.54, 1.807) is 12.4 Å². The van der Waals surface area contributed by atoms with Crippen molar-refractivity contribution in [3.8, 4) is 0 Å². The zero-order valence-electron chi connectivity index (χ0n) is 14.9. The van der Waals surface area contributed by atoms with Crippen molar-refractivity contribution in [1.82, 2.24) is 19.9 Å². The highest BCUT2D eigenvalue weighted by Gasteiger charge is 2.14. The number of amides is 1. The predicted molar refractivity (Wildman–Crippen MR) is 105 cm³/mol. The van der Waals surface area contributed by atoms with E-state index in [0.29, 0.717) is 13.0 Å². The van der Waals surface area contributed by atoms with Gasteiger partial charge in [-0.25, -0.2) is 4.98 Å². The molecule has 2 aromatic heterocycles. The van der Waals surface area contributed by atoms with E-state index in [1.165, 1.54) is 5.56 Å². The number of carbonyl (C=O) groups excluding carboxylic acids is 1. The first-order valence-electron chi connectivity index (χ1n) is 8.93. The molecule has 1 amide bonds. The normalized spacial score (nSPS) is 10.8. The first-order valence-corrected chi connectivity index (χ1v) is 8.93. The van der Waals surface area contributed by atoms with E-state index in [-0.39, 0.29) is 12.5 Å². The van der Waals surface area contributed by atoms with Crippen molar-refractivity contribution in [3.63, 3.8) is 0 Å². The maximum absolute atomic E-state index is 12.6. The number of hydrogen-bond donors (Lipinski definition) is 1. The van der Waals surface area contributed by atoms with Gasteiger partial charge in [-0.3, -0.25) is 9.78 Å². The van der Waals surface area contributed by atoms with E-state index in [0.717, 1.165) is 22.4 Å². The molecule has 0 radical (unpaired) electrons. The molecule has 2 heterocycles. The van der Waals surface area contributed by atoms with Crippen molar-refractivity contribution >= 4 is 16.9 Å². The average Bonchev–Trinajstić information content (AvgIpc) is 3.05. The third-order valence-electron chi connectivity index (χ3n) is 4.45. The Morgan fingerprint density at radius 3 is 2.52 bits per heavy atom. The van der Waals surface area contributed by atoms with Crippen molar-refractivity contribution in [1.29, 1.82) is 0 Å². The highest BCUT2D eigenvalue weighted by molar-refractivity contribution is 5.81. The molecule has 0 unspecified atom stereocenters. The molecule has 134 valence electrons. The van der Waals surface area contributed by atoms with Gasteiger partial charge in [-0.2, -0.15) is 0 Å². The zero-order valence-corrected chi connectivity index (χ0v) is 14.9. The van der Waals surface area contributed by atoms with Crippen molar-refractivity contribution in [2.75, 3.05) is 0 Å². The summed E-state index contributed by atoms with van der Waals surface area (Å²) in [6, 6.07) is 21.9. The highest BCUT2D eigenvalue weighted by Crippen LogP contribution is 2.18. The monoisotopic (exact) mass is 356 g/mol. The molecule has 4 aromatic rings. The molecule has 0 aliphatic rings. The van der Waals surface area contributed by atoms with Crippen LogP contribution >= 0.6 is 0 Å². The fourth-order valence-corrected chi connectivity index (χ4v) is 3.12. The van der Waals surface area contributed by atoms with Crippen LogP contribution in [0.5, 0.6) is 0 Å². The van der Waals surface area contributed by atoms with Crippen LogP contribution in [0, 0.1) is 0 Å². The summed E-state index contributed by atoms with van der Waals surface area (Å²) in [7, 11) is 0. The Bertz CT molecular complexity index is 1040. The van der Waals surface area contributed by atoms with Crippen LogP contribution in [0.25, 0.3) is 11.0 Å². The minimum atomic E-state index is -0.0451. The van der Waals surface area contributed by atoms with Gasteiger partial charge in [0.2, 0.25) is 5.91 Å². The minimum absolute atomic E-state index is 0.0451. The summed E-state index contributed by atoms with van der Waals surface area (Å²) in [5.41, 5.74) is 4.03. The number of benzene rings is 2. The van der Waals surface area contributed by atoms with Crippen molar-refractivity contribution in [3.05, 3.63) is 96.1 Å². The van der Waals surface area contributed by atoms with Crippen LogP contribution in [0.1, 0.15) is 17.0 Å². The van der Waals surface area contributed by atoms with Gasteiger partial charge >= 0.3 is 0 Å². The standard InChI is InChI=1S/C22H20N4O/c27-22(24-15-18-9-6-12-23-14-18)16-26-20-11-5-4-10-19(20)25-21(26)13-17-7-2-1-3-8-17/h1-12,14H,13,15-16H2,(H,24,27). The molecule has 0 bridgehead atoms. The van der Waals surface area contributed by atoms with Crippen molar-refractivity contribution in [2.24, 2.45) is 0 Å². The number of rotatable bonds is 6. The number of carbonyl (C=O) groups is 1. The Labute approximate surface area is 157 Å². The number of hydrogen-bond acceptors (Lipinski definition) is 3. The van der Waals surface area contributed by atoms with E-state index in [2.05, 4.69) is 22.4 Å². The Kier molecular flexibility index (Phi) is 4.92. The molecule has 0 aliphatic carbocycles. The van der Waals surface area contributed by atoms with E-state index in [1.807, 2.05) is 59.2 Å². The summed E-state index contributed by atoms with van der Waals surface area (Å²) >= 11 is 0. The summed E-state index contributed by atoms with van der Waals surface area (Å²) in [4.78, 5) is 21.4. The fourth-order valence-electron chi connectivity index (χ4n) is 3.12. The second kappa shape index (κ2) is 7.83. The van der Waals surface area contributed by atoms with Crippen LogP contribution in [0.4, 0.5) is 0 Å². The van der Waals surface area contributed by atoms with Crippen LogP contribution in [0.3, 0.4) is 0 Å². The van der Waals surface area contributed by atoms with Gasteiger partial charge in [0.25, 0.3) is 0 Å². The van der Waals surface area contributed by atoms with Crippen LogP contribution in [-0.2, 0) is 24.3 Å². The van der Waals surface area contributed by atoms with Crippen molar-refractivity contribution < 1.29 is 4.79 Å². The molecule has 0 spiro atoms. The largest absolute Gasteiger partial charge is 0.350 e. The quantitative estimate of drug-likeness (QED) is 0.576. The predicted octanol–water partition coefficient (Wildman–Crippen LogP) is 3.34. The molecule has 0 saturated carbocycles. The molecular weight excluding hydrogens is 336 g/mol. The molecule has 5 heteroatoms. The van der Waals surface area contributed by atoms with Crippen LogP contribution in [0.15, 0.2) is 79.1 Å². The SMILES string of the molecule is O=C(Cn1c(Cc2ccccc2)nc2ccccc21)NCc1cccnc1. The maximum atomic E-state index is 12.6. The van der Waals surface area contributed by atoms with Gasteiger partial charge in [-0.05, 0) is 29.3 Å². The van der Waals surface area contributed by atoms with E-state index >= 15 is 0 Å². The summed E-state index contributed by atoms with van der Waals surface area (Å²) in [5.74, 6) is 0.843. The first-order chi connectivity index (χ1) is 13.3. The van der Waals surface area contributed by atoms with Crippen LogP contribution in [0.2, 0.25) is 0 Å². The zero-order chi connectivity index (χ0) is 18.5. The molecule has 4 rings (SSSR count). The average molecular weight is 356 g/mol. The molecule has 0 aliphatic heterocycles. The number of fused-ring (bicyclic) bond motifs is 1. The number of nitrogens with zero attached hydrogens (tertiary/aromatic N) is 3. The van der Waals surface area contributed by atoms with Crippen LogP contribution in [-0.4, -0.2) is 20.4 Å². The van der Waals surface area contributed by atoms with E-state index < -0.39 is 0 Å². The molecule has 0 saturated heterocycles. The lowest BCUT2D eigenvalue weighted by Crippen LogP contribution is -2.27. The highest BCUT2D eigenvalue weighted by atomic mass is 16.1. The molecule has 27 heavy (non-hydrogen) atoms. The molecule has 0 atom stereocenters. The van der Waals surface area contributed by atoms with Gasteiger partial charge in [-0.1, -0.05) is 48.5 Å². The molecule has 1 N–H and O–H groups in total.